The smallest absolute Gasteiger partial charge is 0.134 e. The molecule has 0 saturated carbocycles. The lowest BCUT2D eigenvalue weighted by Crippen LogP contribution is -2.33. The Morgan fingerprint density at radius 1 is 1.32 bits per heavy atom. The average molecular weight is 262 g/mol. The summed E-state index contributed by atoms with van der Waals surface area (Å²) in [6.07, 6.45) is 7.25. The fraction of sp³-hybridized carbons (Fsp3) is 0.733. The standard InChI is InChI=1S/C15H26N4/c1-4-8-13-17-14(16-3)11-15(18-13)19-10-7-5-6-9-12(19)2/h11-12H,4-10H2,1-3H3,(H,16,17,18). The summed E-state index contributed by atoms with van der Waals surface area (Å²) < 4.78 is 0. The van der Waals surface area contributed by atoms with Gasteiger partial charge in [0.15, 0.2) is 0 Å². The van der Waals surface area contributed by atoms with Gasteiger partial charge in [-0.05, 0) is 26.2 Å². The number of anilines is 2. The van der Waals surface area contributed by atoms with Gasteiger partial charge in [-0.1, -0.05) is 19.8 Å². The average Bonchev–Trinajstić information content (AvgIpc) is 2.63. The molecule has 4 heteroatoms. The van der Waals surface area contributed by atoms with E-state index in [1.54, 1.807) is 0 Å². The van der Waals surface area contributed by atoms with Crippen LogP contribution < -0.4 is 10.2 Å². The van der Waals surface area contributed by atoms with Gasteiger partial charge in [-0.15, -0.1) is 0 Å². The molecule has 1 aromatic heterocycles. The summed E-state index contributed by atoms with van der Waals surface area (Å²) >= 11 is 0. The zero-order chi connectivity index (χ0) is 13.7. The van der Waals surface area contributed by atoms with Crippen LogP contribution in [0.2, 0.25) is 0 Å². The fourth-order valence-electron chi connectivity index (χ4n) is 2.71. The van der Waals surface area contributed by atoms with Crippen molar-refractivity contribution in [2.75, 3.05) is 23.8 Å². The summed E-state index contributed by atoms with van der Waals surface area (Å²) in [7, 11) is 1.92. The first kappa shape index (κ1) is 14.1. The number of nitrogens with one attached hydrogen (secondary N) is 1. The molecule has 0 spiro atoms. The second kappa shape index (κ2) is 6.73. The molecule has 1 saturated heterocycles. The third-order valence-corrected chi connectivity index (χ3v) is 3.84. The number of nitrogens with zero attached hydrogens (tertiary/aromatic N) is 3. The molecule has 1 aliphatic rings. The molecule has 0 aromatic carbocycles. The number of hydrogen-bond acceptors (Lipinski definition) is 4. The molecule has 0 amide bonds. The third kappa shape index (κ3) is 3.58. The Hall–Kier alpha value is -1.32. The number of rotatable bonds is 4. The first-order valence-electron chi connectivity index (χ1n) is 7.57. The fourth-order valence-corrected chi connectivity index (χ4v) is 2.71. The summed E-state index contributed by atoms with van der Waals surface area (Å²) in [5.41, 5.74) is 0. The van der Waals surface area contributed by atoms with Crippen LogP contribution in [0.3, 0.4) is 0 Å². The lowest BCUT2D eigenvalue weighted by Gasteiger charge is -2.28. The van der Waals surface area contributed by atoms with Gasteiger partial charge in [0.1, 0.15) is 17.5 Å². The van der Waals surface area contributed by atoms with Crippen molar-refractivity contribution < 1.29 is 0 Å². The topological polar surface area (TPSA) is 41.1 Å². The Morgan fingerprint density at radius 2 is 2.16 bits per heavy atom. The molecule has 2 rings (SSSR count). The number of aromatic nitrogens is 2. The highest BCUT2D eigenvalue weighted by Crippen LogP contribution is 2.24. The highest BCUT2D eigenvalue weighted by molar-refractivity contribution is 5.50. The van der Waals surface area contributed by atoms with Gasteiger partial charge in [0, 0.05) is 32.1 Å². The largest absolute Gasteiger partial charge is 0.373 e. The van der Waals surface area contributed by atoms with Crippen LogP contribution >= 0.6 is 0 Å². The monoisotopic (exact) mass is 262 g/mol. The molecule has 1 N–H and O–H groups in total. The lowest BCUT2D eigenvalue weighted by atomic mass is 10.1. The van der Waals surface area contributed by atoms with E-state index in [1.165, 1.54) is 25.7 Å². The van der Waals surface area contributed by atoms with E-state index in [0.717, 1.165) is 36.8 Å². The molecule has 1 aliphatic heterocycles. The van der Waals surface area contributed by atoms with Crippen molar-refractivity contribution in [1.29, 1.82) is 0 Å². The summed E-state index contributed by atoms with van der Waals surface area (Å²) in [5.74, 6) is 2.99. The minimum atomic E-state index is 0.580. The van der Waals surface area contributed by atoms with Gasteiger partial charge >= 0.3 is 0 Å². The third-order valence-electron chi connectivity index (χ3n) is 3.84. The van der Waals surface area contributed by atoms with Crippen molar-refractivity contribution in [3.05, 3.63) is 11.9 Å². The Kier molecular flexibility index (Phi) is 5.00. The van der Waals surface area contributed by atoms with E-state index in [1.807, 2.05) is 7.05 Å². The Labute approximate surface area is 116 Å². The molecule has 0 aliphatic carbocycles. The van der Waals surface area contributed by atoms with Crippen LogP contribution in [-0.4, -0.2) is 29.6 Å². The van der Waals surface area contributed by atoms with Crippen LogP contribution in [0.15, 0.2) is 6.07 Å². The van der Waals surface area contributed by atoms with Crippen LogP contribution in [0.25, 0.3) is 0 Å². The molecule has 1 atom stereocenters. The molecule has 1 aromatic rings. The molecule has 106 valence electrons. The van der Waals surface area contributed by atoms with Gasteiger partial charge in [0.2, 0.25) is 0 Å². The quantitative estimate of drug-likeness (QED) is 0.904. The van der Waals surface area contributed by atoms with Crippen LogP contribution in [-0.2, 0) is 6.42 Å². The van der Waals surface area contributed by atoms with Gasteiger partial charge in [0.05, 0.1) is 0 Å². The summed E-state index contributed by atoms with van der Waals surface area (Å²) in [4.78, 5) is 11.8. The normalized spacial score (nSPS) is 20.2. The molecule has 4 nitrogen and oxygen atoms in total. The molecule has 0 bridgehead atoms. The zero-order valence-corrected chi connectivity index (χ0v) is 12.4. The molecule has 1 unspecified atom stereocenters. The van der Waals surface area contributed by atoms with E-state index in [4.69, 9.17) is 4.98 Å². The van der Waals surface area contributed by atoms with Crippen molar-refractivity contribution in [1.82, 2.24) is 9.97 Å². The first-order valence-corrected chi connectivity index (χ1v) is 7.57. The number of hydrogen-bond donors (Lipinski definition) is 1. The second-order valence-corrected chi connectivity index (χ2v) is 5.42. The summed E-state index contributed by atoms with van der Waals surface area (Å²) in [6, 6.07) is 2.66. The van der Waals surface area contributed by atoms with E-state index in [9.17, 15) is 0 Å². The Bertz CT molecular complexity index is 405. The van der Waals surface area contributed by atoms with Gasteiger partial charge < -0.3 is 10.2 Å². The maximum atomic E-state index is 4.76. The van der Waals surface area contributed by atoms with Gasteiger partial charge in [-0.3, -0.25) is 0 Å². The van der Waals surface area contributed by atoms with Crippen LogP contribution in [0.5, 0.6) is 0 Å². The SMILES string of the molecule is CCCc1nc(NC)cc(N2CCCCCC2C)n1. The minimum Gasteiger partial charge on any atom is -0.373 e. The van der Waals surface area contributed by atoms with E-state index >= 15 is 0 Å². The lowest BCUT2D eigenvalue weighted by molar-refractivity contribution is 0.609. The second-order valence-electron chi connectivity index (χ2n) is 5.42. The van der Waals surface area contributed by atoms with Crippen molar-refractivity contribution in [2.45, 2.75) is 58.4 Å². The number of aryl methyl sites for hydroxylation is 1. The molecule has 0 radical (unpaired) electrons. The molecular formula is C15H26N4. The van der Waals surface area contributed by atoms with Crippen molar-refractivity contribution in [3.63, 3.8) is 0 Å². The van der Waals surface area contributed by atoms with Crippen LogP contribution in [0, 0.1) is 0 Å². The van der Waals surface area contributed by atoms with E-state index in [2.05, 4.69) is 35.1 Å². The highest BCUT2D eigenvalue weighted by atomic mass is 15.2. The maximum absolute atomic E-state index is 4.76. The first-order chi connectivity index (χ1) is 9.24. The van der Waals surface area contributed by atoms with Crippen LogP contribution in [0.1, 0.15) is 51.8 Å². The van der Waals surface area contributed by atoms with Gasteiger partial charge in [0.25, 0.3) is 0 Å². The Morgan fingerprint density at radius 3 is 2.89 bits per heavy atom. The van der Waals surface area contributed by atoms with E-state index in [-0.39, 0.29) is 0 Å². The van der Waals surface area contributed by atoms with E-state index < -0.39 is 0 Å². The zero-order valence-electron chi connectivity index (χ0n) is 12.4. The molecular weight excluding hydrogens is 236 g/mol. The van der Waals surface area contributed by atoms with Crippen LogP contribution in [0.4, 0.5) is 11.6 Å². The minimum absolute atomic E-state index is 0.580. The predicted molar refractivity (Wildman–Crippen MR) is 80.8 cm³/mol. The predicted octanol–water partition coefficient (Wildman–Crippen LogP) is 3.24. The summed E-state index contributed by atoms with van der Waals surface area (Å²) in [5, 5.41) is 3.16. The van der Waals surface area contributed by atoms with E-state index in [0.29, 0.717) is 6.04 Å². The van der Waals surface area contributed by atoms with Crippen molar-refractivity contribution in [3.8, 4) is 0 Å². The molecule has 2 heterocycles. The van der Waals surface area contributed by atoms with Crippen molar-refractivity contribution >= 4 is 11.6 Å². The highest BCUT2D eigenvalue weighted by Gasteiger charge is 2.19. The maximum Gasteiger partial charge on any atom is 0.134 e. The Balaban J connectivity index is 2.27. The van der Waals surface area contributed by atoms with Crippen molar-refractivity contribution in [2.24, 2.45) is 0 Å². The van der Waals surface area contributed by atoms with Gasteiger partial charge in [-0.2, -0.15) is 0 Å². The molecule has 19 heavy (non-hydrogen) atoms. The molecule has 1 fully saturated rings. The van der Waals surface area contributed by atoms with Gasteiger partial charge in [-0.25, -0.2) is 9.97 Å². The summed E-state index contributed by atoms with van der Waals surface area (Å²) in [6.45, 7) is 5.60.